The molecule has 18 heavy (non-hydrogen) atoms. The zero-order valence-corrected chi connectivity index (χ0v) is 11.9. The van der Waals surface area contributed by atoms with Gasteiger partial charge >= 0.3 is 0 Å². The summed E-state index contributed by atoms with van der Waals surface area (Å²) in [6.07, 6.45) is 2.06. The molecule has 102 valence electrons. The van der Waals surface area contributed by atoms with Gasteiger partial charge in [0.25, 0.3) is 0 Å². The van der Waals surface area contributed by atoms with Crippen molar-refractivity contribution in [2.45, 2.75) is 32.4 Å². The molecule has 0 bridgehead atoms. The van der Waals surface area contributed by atoms with Crippen LogP contribution in [0.15, 0.2) is 24.3 Å². The van der Waals surface area contributed by atoms with Gasteiger partial charge in [0.05, 0.1) is 0 Å². The van der Waals surface area contributed by atoms with Crippen molar-refractivity contribution >= 4 is 0 Å². The fourth-order valence-corrected chi connectivity index (χ4v) is 2.12. The van der Waals surface area contributed by atoms with E-state index in [1.54, 1.807) is 7.11 Å². The summed E-state index contributed by atoms with van der Waals surface area (Å²) >= 11 is 0. The van der Waals surface area contributed by atoms with Gasteiger partial charge in [-0.25, -0.2) is 0 Å². The lowest BCUT2D eigenvalue weighted by molar-refractivity contribution is 0.187. The van der Waals surface area contributed by atoms with E-state index in [-0.39, 0.29) is 6.04 Å². The molecule has 2 N–H and O–H groups in total. The third kappa shape index (κ3) is 5.63. The maximum absolute atomic E-state index is 6.11. The molecule has 0 aliphatic carbocycles. The van der Waals surface area contributed by atoms with Gasteiger partial charge in [-0.3, -0.25) is 0 Å². The van der Waals surface area contributed by atoms with Gasteiger partial charge in [0, 0.05) is 32.8 Å². The Kier molecular flexibility index (Phi) is 6.94. The summed E-state index contributed by atoms with van der Waals surface area (Å²) in [5.41, 5.74) is 8.83. The third-order valence-electron chi connectivity index (χ3n) is 3.17. The molecule has 0 fully saturated rings. The summed E-state index contributed by atoms with van der Waals surface area (Å²) in [7, 11) is 3.86. The van der Waals surface area contributed by atoms with Crippen LogP contribution in [0.1, 0.15) is 24.0 Å². The van der Waals surface area contributed by atoms with Crippen molar-refractivity contribution in [1.29, 1.82) is 0 Å². The molecule has 0 aliphatic heterocycles. The molecular formula is C15H26N2O. The van der Waals surface area contributed by atoms with E-state index < -0.39 is 0 Å². The van der Waals surface area contributed by atoms with Gasteiger partial charge in [0.15, 0.2) is 0 Å². The molecule has 0 aromatic heterocycles. The zero-order valence-electron chi connectivity index (χ0n) is 11.9. The monoisotopic (exact) mass is 250 g/mol. The number of aryl methyl sites for hydroxylation is 1. The zero-order chi connectivity index (χ0) is 13.4. The maximum Gasteiger partial charge on any atom is 0.0462 e. The normalized spacial score (nSPS) is 12.9. The number of ether oxygens (including phenoxy) is 1. The van der Waals surface area contributed by atoms with Crippen molar-refractivity contribution in [3.05, 3.63) is 35.4 Å². The van der Waals surface area contributed by atoms with E-state index in [9.17, 15) is 0 Å². The van der Waals surface area contributed by atoms with Gasteiger partial charge in [-0.15, -0.1) is 0 Å². The minimum Gasteiger partial charge on any atom is -0.385 e. The summed E-state index contributed by atoms with van der Waals surface area (Å²) in [4.78, 5) is 2.29. The number of methoxy groups -OCH3 is 1. The van der Waals surface area contributed by atoms with Crippen molar-refractivity contribution in [2.75, 3.05) is 27.3 Å². The van der Waals surface area contributed by atoms with Gasteiger partial charge in [-0.05, 0) is 37.9 Å². The topological polar surface area (TPSA) is 38.5 Å². The number of rotatable bonds is 8. The largest absolute Gasteiger partial charge is 0.385 e. The van der Waals surface area contributed by atoms with Crippen LogP contribution in [0.4, 0.5) is 0 Å². The van der Waals surface area contributed by atoms with E-state index >= 15 is 0 Å². The number of nitrogens with zero attached hydrogens (tertiary/aromatic N) is 1. The number of likely N-dealkylation sites (N-methyl/N-ethyl adjacent to an activating group) is 1. The van der Waals surface area contributed by atoms with Gasteiger partial charge in [0.1, 0.15) is 0 Å². The highest BCUT2D eigenvalue weighted by Crippen LogP contribution is 2.10. The molecule has 1 unspecified atom stereocenters. The van der Waals surface area contributed by atoms with E-state index in [0.717, 1.165) is 32.5 Å². The first-order valence-corrected chi connectivity index (χ1v) is 6.61. The van der Waals surface area contributed by atoms with E-state index in [0.29, 0.717) is 0 Å². The van der Waals surface area contributed by atoms with Crippen LogP contribution in [0.5, 0.6) is 0 Å². The Morgan fingerprint density at radius 2 is 2.06 bits per heavy atom. The summed E-state index contributed by atoms with van der Waals surface area (Å²) in [6.45, 7) is 4.85. The number of nitrogens with two attached hydrogens (primary N) is 1. The fraction of sp³-hybridized carbons (Fsp3) is 0.600. The fourth-order valence-electron chi connectivity index (χ4n) is 2.12. The van der Waals surface area contributed by atoms with Gasteiger partial charge in [0.2, 0.25) is 0 Å². The average molecular weight is 250 g/mol. The average Bonchev–Trinajstić information content (AvgIpc) is 2.32. The SMILES string of the molecule is COCCCC(N)CN(C)Cc1ccccc1C. The van der Waals surface area contributed by atoms with Crippen LogP contribution in [-0.4, -0.2) is 38.3 Å². The second-order valence-corrected chi connectivity index (χ2v) is 5.02. The highest BCUT2D eigenvalue weighted by atomic mass is 16.5. The van der Waals surface area contributed by atoms with Gasteiger partial charge in [-0.2, -0.15) is 0 Å². The molecule has 0 heterocycles. The molecule has 0 spiro atoms. The van der Waals surface area contributed by atoms with E-state index in [2.05, 4.69) is 43.1 Å². The standard InChI is InChI=1S/C15H26N2O/c1-13-7-4-5-8-14(13)11-17(2)12-15(16)9-6-10-18-3/h4-5,7-8,15H,6,9-12,16H2,1-3H3. The second kappa shape index (κ2) is 8.25. The highest BCUT2D eigenvalue weighted by Gasteiger charge is 2.08. The van der Waals surface area contributed by atoms with Crippen LogP contribution in [0.3, 0.4) is 0 Å². The molecule has 0 saturated carbocycles. The molecule has 1 rings (SSSR count). The minimum absolute atomic E-state index is 0.231. The molecule has 1 atom stereocenters. The molecule has 1 aromatic carbocycles. The van der Waals surface area contributed by atoms with Crippen LogP contribution in [0, 0.1) is 6.92 Å². The quantitative estimate of drug-likeness (QED) is 0.719. The Balaban J connectivity index is 2.33. The Bertz CT molecular complexity index is 341. The summed E-state index contributed by atoms with van der Waals surface area (Å²) in [6, 6.07) is 8.74. The Hall–Kier alpha value is -0.900. The van der Waals surface area contributed by atoms with Gasteiger partial charge in [-0.1, -0.05) is 24.3 Å². The molecule has 0 saturated heterocycles. The van der Waals surface area contributed by atoms with Gasteiger partial charge < -0.3 is 15.4 Å². The lowest BCUT2D eigenvalue weighted by atomic mass is 10.1. The smallest absolute Gasteiger partial charge is 0.0462 e. The molecule has 3 nitrogen and oxygen atoms in total. The van der Waals surface area contributed by atoms with Crippen molar-refractivity contribution in [1.82, 2.24) is 4.90 Å². The number of benzene rings is 1. The molecule has 0 radical (unpaired) electrons. The first-order chi connectivity index (χ1) is 8.63. The first kappa shape index (κ1) is 15.2. The van der Waals surface area contributed by atoms with Crippen molar-refractivity contribution in [3.8, 4) is 0 Å². The van der Waals surface area contributed by atoms with Crippen LogP contribution < -0.4 is 5.73 Å². The lowest BCUT2D eigenvalue weighted by Gasteiger charge is -2.22. The predicted molar refractivity (Wildman–Crippen MR) is 76.6 cm³/mol. The number of hydrogen-bond donors (Lipinski definition) is 1. The lowest BCUT2D eigenvalue weighted by Crippen LogP contribution is -2.35. The van der Waals surface area contributed by atoms with Crippen LogP contribution >= 0.6 is 0 Å². The summed E-state index contributed by atoms with van der Waals surface area (Å²) < 4.78 is 5.04. The van der Waals surface area contributed by atoms with Crippen molar-refractivity contribution < 1.29 is 4.74 Å². The van der Waals surface area contributed by atoms with E-state index in [1.807, 2.05) is 0 Å². The number of hydrogen-bond acceptors (Lipinski definition) is 3. The molecule has 0 aliphatic rings. The second-order valence-electron chi connectivity index (χ2n) is 5.02. The van der Waals surface area contributed by atoms with Crippen molar-refractivity contribution in [2.24, 2.45) is 5.73 Å². The summed E-state index contributed by atoms with van der Waals surface area (Å²) in [5.74, 6) is 0. The Morgan fingerprint density at radius 1 is 1.33 bits per heavy atom. The highest BCUT2D eigenvalue weighted by molar-refractivity contribution is 5.25. The van der Waals surface area contributed by atoms with Crippen molar-refractivity contribution in [3.63, 3.8) is 0 Å². The summed E-state index contributed by atoms with van der Waals surface area (Å²) in [5, 5.41) is 0. The molecular weight excluding hydrogens is 224 g/mol. The Labute approximate surface area is 111 Å². The maximum atomic E-state index is 6.11. The first-order valence-electron chi connectivity index (χ1n) is 6.61. The third-order valence-corrected chi connectivity index (χ3v) is 3.17. The van der Waals surface area contributed by atoms with Crippen LogP contribution in [-0.2, 0) is 11.3 Å². The Morgan fingerprint density at radius 3 is 2.72 bits per heavy atom. The predicted octanol–water partition coefficient (Wildman–Crippen LogP) is 2.18. The van der Waals surface area contributed by atoms with E-state index in [4.69, 9.17) is 10.5 Å². The van der Waals surface area contributed by atoms with Crippen LogP contribution in [0.2, 0.25) is 0 Å². The minimum atomic E-state index is 0.231. The van der Waals surface area contributed by atoms with Crippen LogP contribution in [0.25, 0.3) is 0 Å². The molecule has 1 aromatic rings. The van der Waals surface area contributed by atoms with E-state index in [1.165, 1.54) is 11.1 Å². The molecule has 0 amide bonds. The molecule has 3 heteroatoms.